The summed E-state index contributed by atoms with van der Waals surface area (Å²) in [7, 11) is 0. The SMILES string of the molecule is Cc1ccc(CN2CC(c3cc(-c4ccc(C)cc4)cc(C(CC(C)C)C(=O)O)c3)CCC2C(F)(F)F)cc1. The molecule has 1 fully saturated rings. The second-order valence-corrected chi connectivity index (χ2v) is 11.5. The van der Waals surface area contributed by atoms with Gasteiger partial charge in [0.25, 0.3) is 0 Å². The standard InChI is InChI=1S/C33H38F3NO2/c1-21(2)15-30(32(38)39)29-17-27(25-11-7-23(4)8-12-25)16-28(18-29)26-13-14-31(33(34,35)36)37(20-26)19-24-9-5-22(3)6-10-24/h5-12,16-18,21,26,30-31H,13-15,19-20H2,1-4H3,(H,38,39). The number of carbonyl (C=O) groups is 1. The third-order valence-corrected chi connectivity index (χ3v) is 7.81. The van der Waals surface area contributed by atoms with Crippen molar-refractivity contribution in [3.8, 4) is 11.1 Å². The van der Waals surface area contributed by atoms with Crippen LogP contribution in [0.4, 0.5) is 13.2 Å². The first kappa shape index (κ1) is 28.9. The van der Waals surface area contributed by atoms with Gasteiger partial charge in [-0.1, -0.05) is 91.7 Å². The van der Waals surface area contributed by atoms with Crippen LogP contribution >= 0.6 is 0 Å². The first-order chi connectivity index (χ1) is 18.4. The molecule has 3 aromatic rings. The van der Waals surface area contributed by atoms with Crippen LogP contribution in [0.2, 0.25) is 0 Å². The van der Waals surface area contributed by atoms with E-state index in [1.54, 1.807) is 4.90 Å². The molecule has 208 valence electrons. The van der Waals surface area contributed by atoms with E-state index >= 15 is 0 Å². The van der Waals surface area contributed by atoms with Crippen LogP contribution in [0.1, 0.15) is 72.8 Å². The Morgan fingerprint density at radius 1 is 0.923 bits per heavy atom. The maximum atomic E-state index is 14.1. The molecule has 1 saturated heterocycles. The Kier molecular flexibility index (Phi) is 8.85. The van der Waals surface area contributed by atoms with Gasteiger partial charge < -0.3 is 5.11 Å². The maximum Gasteiger partial charge on any atom is 0.404 e. The molecular weight excluding hydrogens is 499 g/mol. The Labute approximate surface area is 229 Å². The molecule has 0 amide bonds. The van der Waals surface area contributed by atoms with E-state index in [1.165, 1.54) is 0 Å². The predicted molar refractivity (Wildman–Crippen MR) is 150 cm³/mol. The normalized spacial score (nSPS) is 19.3. The smallest absolute Gasteiger partial charge is 0.404 e. The number of benzene rings is 3. The summed E-state index contributed by atoms with van der Waals surface area (Å²) in [6, 6.07) is 20.1. The van der Waals surface area contributed by atoms with Gasteiger partial charge in [-0.2, -0.15) is 13.2 Å². The molecule has 0 radical (unpaired) electrons. The fourth-order valence-corrected chi connectivity index (χ4v) is 5.67. The molecule has 0 bridgehead atoms. The second kappa shape index (κ2) is 12.0. The maximum absolute atomic E-state index is 14.1. The molecule has 6 heteroatoms. The highest BCUT2D eigenvalue weighted by Gasteiger charge is 2.46. The van der Waals surface area contributed by atoms with Crippen molar-refractivity contribution in [3.05, 3.63) is 94.5 Å². The predicted octanol–water partition coefficient (Wildman–Crippen LogP) is 8.50. The van der Waals surface area contributed by atoms with Crippen molar-refractivity contribution in [3.63, 3.8) is 0 Å². The quantitative estimate of drug-likeness (QED) is 0.313. The zero-order chi connectivity index (χ0) is 28.3. The number of carboxylic acids is 1. The first-order valence-corrected chi connectivity index (χ1v) is 13.7. The summed E-state index contributed by atoms with van der Waals surface area (Å²) in [6.07, 6.45) is -3.41. The average Bonchev–Trinajstić information content (AvgIpc) is 2.88. The zero-order valence-electron chi connectivity index (χ0n) is 23.1. The van der Waals surface area contributed by atoms with E-state index in [-0.39, 0.29) is 31.3 Å². The van der Waals surface area contributed by atoms with E-state index in [2.05, 4.69) is 0 Å². The number of nitrogens with zero attached hydrogens (tertiary/aromatic N) is 1. The summed E-state index contributed by atoms with van der Waals surface area (Å²) in [4.78, 5) is 13.9. The highest BCUT2D eigenvalue weighted by atomic mass is 19.4. The number of alkyl halides is 3. The van der Waals surface area contributed by atoms with Gasteiger partial charge in [0.1, 0.15) is 6.04 Å². The lowest BCUT2D eigenvalue weighted by molar-refractivity contribution is -0.194. The van der Waals surface area contributed by atoms with Crippen LogP contribution in [0.15, 0.2) is 66.7 Å². The lowest BCUT2D eigenvalue weighted by Crippen LogP contribution is -2.50. The molecule has 4 rings (SSSR count). The number of aryl methyl sites for hydroxylation is 2. The molecule has 1 heterocycles. The molecule has 0 aromatic heterocycles. The molecule has 0 spiro atoms. The molecule has 3 atom stereocenters. The Bertz CT molecular complexity index is 1270. The van der Waals surface area contributed by atoms with Crippen LogP contribution in [0, 0.1) is 19.8 Å². The second-order valence-electron chi connectivity index (χ2n) is 11.5. The molecule has 3 aromatic carbocycles. The van der Waals surface area contributed by atoms with E-state index in [0.29, 0.717) is 18.4 Å². The fourth-order valence-electron chi connectivity index (χ4n) is 5.67. The summed E-state index contributed by atoms with van der Waals surface area (Å²) >= 11 is 0. The van der Waals surface area contributed by atoms with Crippen LogP contribution in [-0.2, 0) is 11.3 Å². The molecule has 0 saturated carbocycles. The molecular formula is C33H38F3NO2. The number of rotatable bonds is 8. The highest BCUT2D eigenvalue weighted by molar-refractivity contribution is 5.77. The number of hydrogen-bond acceptors (Lipinski definition) is 2. The first-order valence-electron chi connectivity index (χ1n) is 13.7. The summed E-state index contributed by atoms with van der Waals surface area (Å²) in [5, 5.41) is 10.1. The largest absolute Gasteiger partial charge is 0.481 e. The van der Waals surface area contributed by atoms with Crippen LogP contribution in [-0.4, -0.2) is 34.7 Å². The lowest BCUT2D eigenvalue weighted by atomic mass is 9.81. The van der Waals surface area contributed by atoms with Crippen molar-refractivity contribution in [2.75, 3.05) is 6.54 Å². The number of hydrogen-bond donors (Lipinski definition) is 1. The minimum Gasteiger partial charge on any atom is -0.481 e. The van der Waals surface area contributed by atoms with E-state index in [9.17, 15) is 23.1 Å². The molecule has 3 unspecified atom stereocenters. The number of halogens is 3. The van der Waals surface area contributed by atoms with Crippen molar-refractivity contribution in [2.24, 2.45) is 5.92 Å². The molecule has 3 nitrogen and oxygen atoms in total. The summed E-state index contributed by atoms with van der Waals surface area (Å²) in [6.45, 7) is 8.45. The highest BCUT2D eigenvalue weighted by Crippen LogP contribution is 2.40. The Morgan fingerprint density at radius 3 is 2.10 bits per heavy atom. The van der Waals surface area contributed by atoms with Gasteiger partial charge in [0, 0.05) is 13.1 Å². The fraction of sp³-hybridized carbons (Fsp3) is 0.424. The number of aliphatic carboxylic acids is 1. The van der Waals surface area contributed by atoms with Crippen LogP contribution in [0.25, 0.3) is 11.1 Å². The number of likely N-dealkylation sites (tertiary alicyclic amines) is 1. The minimum absolute atomic E-state index is 0.0124. The Hall–Kier alpha value is -3.12. The van der Waals surface area contributed by atoms with Gasteiger partial charge in [0.2, 0.25) is 0 Å². The van der Waals surface area contributed by atoms with Gasteiger partial charge >= 0.3 is 12.1 Å². The zero-order valence-corrected chi connectivity index (χ0v) is 23.1. The van der Waals surface area contributed by atoms with Crippen molar-refractivity contribution >= 4 is 5.97 Å². The van der Waals surface area contributed by atoms with Gasteiger partial charge in [-0.3, -0.25) is 9.69 Å². The lowest BCUT2D eigenvalue weighted by Gasteiger charge is -2.41. The molecule has 0 aliphatic carbocycles. The van der Waals surface area contributed by atoms with Gasteiger partial charge in [-0.05, 0) is 72.8 Å². The molecule has 1 aliphatic rings. The van der Waals surface area contributed by atoms with Gasteiger partial charge in [0.05, 0.1) is 5.92 Å². The van der Waals surface area contributed by atoms with E-state index < -0.39 is 24.1 Å². The van der Waals surface area contributed by atoms with Gasteiger partial charge in [0.15, 0.2) is 0 Å². The summed E-state index contributed by atoms with van der Waals surface area (Å²) in [5.41, 5.74) is 6.54. The molecule has 1 aliphatic heterocycles. The monoisotopic (exact) mass is 537 g/mol. The third kappa shape index (κ3) is 7.30. The van der Waals surface area contributed by atoms with Crippen LogP contribution < -0.4 is 0 Å². The van der Waals surface area contributed by atoms with Crippen molar-refractivity contribution in [2.45, 2.75) is 77.6 Å². The van der Waals surface area contributed by atoms with Gasteiger partial charge in [-0.25, -0.2) is 0 Å². The van der Waals surface area contributed by atoms with E-state index in [1.807, 2.05) is 94.4 Å². The van der Waals surface area contributed by atoms with Crippen molar-refractivity contribution in [1.82, 2.24) is 4.90 Å². The molecule has 39 heavy (non-hydrogen) atoms. The Morgan fingerprint density at radius 2 is 1.54 bits per heavy atom. The Balaban J connectivity index is 1.73. The third-order valence-electron chi connectivity index (χ3n) is 7.81. The van der Waals surface area contributed by atoms with E-state index in [0.717, 1.165) is 33.4 Å². The van der Waals surface area contributed by atoms with Crippen molar-refractivity contribution < 1.29 is 23.1 Å². The number of piperidine rings is 1. The summed E-state index contributed by atoms with van der Waals surface area (Å²) in [5.74, 6) is -1.50. The van der Waals surface area contributed by atoms with Gasteiger partial charge in [-0.15, -0.1) is 0 Å². The topological polar surface area (TPSA) is 40.5 Å². The van der Waals surface area contributed by atoms with Crippen molar-refractivity contribution in [1.29, 1.82) is 0 Å². The minimum atomic E-state index is -4.31. The van der Waals surface area contributed by atoms with Crippen LogP contribution in [0.5, 0.6) is 0 Å². The van der Waals surface area contributed by atoms with E-state index in [4.69, 9.17) is 0 Å². The van der Waals surface area contributed by atoms with Crippen LogP contribution in [0.3, 0.4) is 0 Å². The molecule has 1 N–H and O–H groups in total. The summed E-state index contributed by atoms with van der Waals surface area (Å²) < 4.78 is 42.2. The average molecular weight is 538 g/mol. The number of carboxylic acid groups (broad SMARTS) is 1.